The van der Waals surface area contributed by atoms with E-state index in [0.29, 0.717) is 12.3 Å². The molecule has 0 saturated heterocycles. The van der Waals surface area contributed by atoms with E-state index in [1.807, 2.05) is 0 Å². The Morgan fingerprint density at radius 1 is 1.24 bits per heavy atom. The number of hydrogen-bond acceptors (Lipinski definition) is 3. The van der Waals surface area contributed by atoms with Crippen molar-refractivity contribution in [3.63, 3.8) is 0 Å². The van der Waals surface area contributed by atoms with Gasteiger partial charge in [-0.15, -0.1) is 11.6 Å². The van der Waals surface area contributed by atoms with Gasteiger partial charge in [-0.1, -0.05) is 12.8 Å². The standard InChI is InChI=1S/C11H22ClNO3S/c12-7-3-4-8-17(15,16)13-11-6-2-1-5-10(11)9-14/h10-11,13-14H,1-9H2. The summed E-state index contributed by atoms with van der Waals surface area (Å²) in [5.41, 5.74) is 0. The number of halogens is 1. The van der Waals surface area contributed by atoms with Gasteiger partial charge in [-0.25, -0.2) is 13.1 Å². The van der Waals surface area contributed by atoms with Crippen molar-refractivity contribution < 1.29 is 13.5 Å². The Hall–Kier alpha value is 0.160. The van der Waals surface area contributed by atoms with Gasteiger partial charge in [-0.2, -0.15) is 0 Å². The van der Waals surface area contributed by atoms with Crippen LogP contribution < -0.4 is 4.72 Å². The molecule has 0 heterocycles. The van der Waals surface area contributed by atoms with Crippen molar-refractivity contribution in [2.75, 3.05) is 18.2 Å². The Bertz CT molecular complexity index is 308. The molecule has 0 bridgehead atoms. The van der Waals surface area contributed by atoms with Crippen LogP contribution in [0.25, 0.3) is 0 Å². The van der Waals surface area contributed by atoms with Gasteiger partial charge >= 0.3 is 0 Å². The van der Waals surface area contributed by atoms with Crippen molar-refractivity contribution in [3.05, 3.63) is 0 Å². The summed E-state index contributed by atoms with van der Waals surface area (Å²) >= 11 is 5.52. The zero-order valence-electron chi connectivity index (χ0n) is 10.1. The lowest BCUT2D eigenvalue weighted by Gasteiger charge is -2.30. The van der Waals surface area contributed by atoms with Crippen LogP contribution >= 0.6 is 11.6 Å². The molecule has 2 unspecified atom stereocenters. The first-order valence-corrected chi connectivity index (χ1v) is 8.44. The van der Waals surface area contributed by atoms with Crippen LogP contribution in [0.4, 0.5) is 0 Å². The fraction of sp³-hybridized carbons (Fsp3) is 1.00. The third kappa shape index (κ3) is 5.55. The summed E-state index contributed by atoms with van der Waals surface area (Å²) in [5, 5.41) is 9.22. The molecule has 1 fully saturated rings. The maximum atomic E-state index is 11.8. The molecule has 6 heteroatoms. The number of unbranched alkanes of at least 4 members (excludes halogenated alkanes) is 1. The van der Waals surface area contributed by atoms with E-state index >= 15 is 0 Å². The van der Waals surface area contributed by atoms with Crippen LogP contribution in [0.15, 0.2) is 0 Å². The van der Waals surface area contributed by atoms with Gasteiger partial charge in [-0.05, 0) is 31.6 Å². The summed E-state index contributed by atoms with van der Waals surface area (Å²) in [7, 11) is -3.22. The Balaban J connectivity index is 2.44. The van der Waals surface area contributed by atoms with E-state index in [4.69, 9.17) is 11.6 Å². The summed E-state index contributed by atoms with van der Waals surface area (Å²) in [6.07, 6.45) is 5.16. The minimum atomic E-state index is -3.22. The first-order valence-electron chi connectivity index (χ1n) is 6.26. The first-order chi connectivity index (χ1) is 8.09. The molecule has 17 heavy (non-hydrogen) atoms. The molecule has 1 rings (SSSR count). The number of nitrogens with one attached hydrogen (secondary N) is 1. The van der Waals surface area contributed by atoms with Gasteiger partial charge in [0.2, 0.25) is 10.0 Å². The predicted molar refractivity (Wildman–Crippen MR) is 69.7 cm³/mol. The van der Waals surface area contributed by atoms with E-state index in [0.717, 1.165) is 32.1 Å². The number of rotatable bonds is 7. The minimum absolute atomic E-state index is 0.0644. The molecule has 1 aliphatic carbocycles. The highest BCUT2D eigenvalue weighted by Gasteiger charge is 2.27. The summed E-state index contributed by atoms with van der Waals surface area (Å²) < 4.78 is 26.3. The number of hydrogen-bond donors (Lipinski definition) is 2. The fourth-order valence-corrected chi connectivity index (χ4v) is 3.92. The molecule has 2 N–H and O–H groups in total. The quantitative estimate of drug-likeness (QED) is 0.549. The molecule has 0 aromatic heterocycles. The molecule has 2 atom stereocenters. The molecule has 0 aromatic carbocycles. The molecule has 0 aliphatic heterocycles. The topological polar surface area (TPSA) is 66.4 Å². The highest BCUT2D eigenvalue weighted by Crippen LogP contribution is 2.24. The molecule has 0 radical (unpaired) electrons. The van der Waals surface area contributed by atoms with Crippen LogP contribution in [0.5, 0.6) is 0 Å². The van der Waals surface area contributed by atoms with E-state index in [2.05, 4.69) is 4.72 Å². The monoisotopic (exact) mass is 283 g/mol. The second-order valence-electron chi connectivity index (χ2n) is 4.67. The van der Waals surface area contributed by atoms with Crippen LogP contribution in [0.3, 0.4) is 0 Å². The number of alkyl halides is 1. The molecule has 0 amide bonds. The van der Waals surface area contributed by atoms with Crippen LogP contribution in [-0.4, -0.2) is 37.8 Å². The number of aliphatic hydroxyl groups is 1. The lowest BCUT2D eigenvalue weighted by atomic mass is 9.86. The highest BCUT2D eigenvalue weighted by atomic mass is 35.5. The van der Waals surface area contributed by atoms with E-state index < -0.39 is 10.0 Å². The van der Waals surface area contributed by atoms with Crippen LogP contribution in [0, 0.1) is 5.92 Å². The molecule has 102 valence electrons. The molecule has 0 spiro atoms. The fourth-order valence-electron chi connectivity index (χ4n) is 2.26. The molecule has 1 aliphatic rings. The molecule has 0 aromatic rings. The Labute approximate surface area is 109 Å². The third-order valence-electron chi connectivity index (χ3n) is 3.27. The van der Waals surface area contributed by atoms with Crippen LogP contribution in [-0.2, 0) is 10.0 Å². The van der Waals surface area contributed by atoms with Crippen molar-refractivity contribution in [3.8, 4) is 0 Å². The van der Waals surface area contributed by atoms with Crippen molar-refractivity contribution in [2.45, 2.75) is 44.6 Å². The van der Waals surface area contributed by atoms with Gasteiger partial charge < -0.3 is 5.11 Å². The van der Waals surface area contributed by atoms with Gasteiger partial charge in [-0.3, -0.25) is 0 Å². The second kappa shape index (κ2) is 7.56. The predicted octanol–water partition coefficient (Wildman–Crippen LogP) is 1.48. The number of aliphatic hydroxyl groups excluding tert-OH is 1. The second-order valence-corrected chi connectivity index (χ2v) is 6.92. The average Bonchev–Trinajstić information content (AvgIpc) is 2.29. The zero-order chi connectivity index (χ0) is 12.7. The van der Waals surface area contributed by atoms with Crippen LogP contribution in [0.1, 0.15) is 38.5 Å². The Morgan fingerprint density at radius 2 is 1.94 bits per heavy atom. The van der Waals surface area contributed by atoms with Crippen LogP contribution in [0.2, 0.25) is 0 Å². The summed E-state index contributed by atoms with van der Waals surface area (Å²) in [4.78, 5) is 0. The zero-order valence-corrected chi connectivity index (χ0v) is 11.6. The van der Waals surface area contributed by atoms with Gasteiger partial charge in [0.1, 0.15) is 0 Å². The maximum absolute atomic E-state index is 11.8. The van der Waals surface area contributed by atoms with Gasteiger partial charge in [0, 0.05) is 18.5 Å². The highest BCUT2D eigenvalue weighted by molar-refractivity contribution is 7.89. The van der Waals surface area contributed by atoms with E-state index in [1.54, 1.807) is 0 Å². The third-order valence-corrected chi connectivity index (χ3v) is 5.03. The summed E-state index contributed by atoms with van der Waals surface area (Å²) in [5.74, 6) is 0.707. The van der Waals surface area contributed by atoms with Gasteiger partial charge in [0.05, 0.1) is 5.75 Å². The van der Waals surface area contributed by atoms with Crippen molar-refractivity contribution in [1.82, 2.24) is 4.72 Å². The molecular weight excluding hydrogens is 262 g/mol. The maximum Gasteiger partial charge on any atom is 0.211 e. The van der Waals surface area contributed by atoms with E-state index in [9.17, 15) is 13.5 Å². The molecular formula is C11H22ClNO3S. The van der Waals surface area contributed by atoms with E-state index in [-0.39, 0.29) is 24.3 Å². The smallest absolute Gasteiger partial charge is 0.211 e. The lowest BCUT2D eigenvalue weighted by molar-refractivity contribution is 0.164. The van der Waals surface area contributed by atoms with Crippen molar-refractivity contribution >= 4 is 21.6 Å². The average molecular weight is 284 g/mol. The first kappa shape index (κ1) is 15.2. The van der Waals surface area contributed by atoms with Crippen molar-refractivity contribution in [1.29, 1.82) is 0 Å². The van der Waals surface area contributed by atoms with Crippen molar-refractivity contribution in [2.24, 2.45) is 5.92 Å². The Kier molecular flexibility index (Phi) is 6.77. The molecule has 1 saturated carbocycles. The summed E-state index contributed by atoms with van der Waals surface area (Å²) in [6, 6.07) is -0.0882. The minimum Gasteiger partial charge on any atom is -0.396 e. The van der Waals surface area contributed by atoms with E-state index in [1.165, 1.54) is 0 Å². The Morgan fingerprint density at radius 3 is 2.59 bits per heavy atom. The normalized spacial score (nSPS) is 26.0. The van der Waals surface area contributed by atoms with Gasteiger partial charge in [0.25, 0.3) is 0 Å². The largest absolute Gasteiger partial charge is 0.396 e. The SMILES string of the molecule is O=S(=O)(CCCCCl)NC1CCCCC1CO. The van der Waals surface area contributed by atoms with Gasteiger partial charge in [0.15, 0.2) is 0 Å². The number of sulfonamides is 1. The lowest BCUT2D eigenvalue weighted by Crippen LogP contribution is -2.44. The summed E-state index contributed by atoms with van der Waals surface area (Å²) in [6.45, 7) is 0.0644. The molecule has 4 nitrogen and oxygen atoms in total.